The number of aromatic nitrogens is 1. The van der Waals surface area contributed by atoms with Gasteiger partial charge in [-0.2, -0.15) is 0 Å². The minimum atomic E-state index is -3.39. The lowest BCUT2D eigenvalue weighted by molar-refractivity contribution is -0.125. The number of carbonyl (C=O) groups excluding carboxylic acids is 1. The summed E-state index contributed by atoms with van der Waals surface area (Å²) in [5.74, 6) is -0.395. The van der Waals surface area contributed by atoms with Gasteiger partial charge in [-0.25, -0.2) is 13.1 Å². The second-order valence-electron chi connectivity index (χ2n) is 5.30. The van der Waals surface area contributed by atoms with Gasteiger partial charge in [0.05, 0.1) is 37.8 Å². The molecule has 0 spiro atoms. The zero-order chi connectivity index (χ0) is 16.7. The summed E-state index contributed by atoms with van der Waals surface area (Å²) in [6.45, 7) is 0.928. The van der Waals surface area contributed by atoms with Crippen LogP contribution in [0.25, 0.3) is 0 Å². The zero-order valence-electron chi connectivity index (χ0n) is 12.9. The van der Waals surface area contributed by atoms with Gasteiger partial charge in [-0.15, -0.1) is 0 Å². The molecule has 23 heavy (non-hydrogen) atoms. The van der Waals surface area contributed by atoms with E-state index in [1.807, 2.05) is 18.2 Å². The fourth-order valence-corrected chi connectivity index (χ4v) is 2.56. The number of hydrogen-bond acceptors (Lipinski definition) is 6. The molecule has 1 aromatic rings. The molecule has 0 radical (unpaired) electrons. The van der Waals surface area contributed by atoms with Crippen molar-refractivity contribution in [3.05, 3.63) is 30.1 Å². The van der Waals surface area contributed by atoms with E-state index in [1.54, 1.807) is 6.20 Å². The third-order valence-corrected chi connectivity index (χ3v) is 3.99. The van der Waals surface area contributed by atoms with Gasteiger partial charge in [-0.1, -0.05) is 6.07 Å². The number of rotatable bonds is 7. The van der Waals surface area contributed by atoms with Crippen LogP contribution >= 0.6 is 0 Å². The Hall–Kier alpha value is -1.55. The van der Waals surface area contributed by atoms with Crippen molar-refractivity contribution in [3.8, 4) is 0 Å². The maximum absolute atomic E-state index is 11.8. The van der Waals surface area contributed by atoms with Gasteiger partial charge in [-0.3, -0.25) is 9.78 Å². The van der Waals surface area contributed by atoms with E-state index >= 15 is 0 Å². The highest BCUT2D eigenvalue weighted by atomic mass is 32.2. The molecule has 1 aliphatic rings. The number of ether oxygens (including phenoxy) is 2. The minimum absolute atomic E-state index is 0.221. The van der Waals surface area contributed by atoms with Crippen LogP contribution in [0, 0.1) is 0 Å². The molecule has 0 bridgehead atoms. The highest BCUT2D eigenvalue weighted by molar-refractivity contribution is 7.88. The first-order valence-electron chi connectivity index (χ1n) is 7.27. The van der Waals surface area contributed by atoms with Crippen LogP contribution < -0.4 is 10.0 Å². The molecule has 2 N–H and O–H groups in total. The summed E-state index contributed by atoms with van der Waals surface area (Å²) in [5, 5.41) is 2.79. The van der Waals surface area contributed by atoms with Crippen LogP contribution in [-0.4, -0.2) is 57.5 Å². The van der Waals surface area contributed by atoms with Gasteiger partial charge in [0, 0.05) is 12.8 Å². The van der Waals surface area contributed by atoms with E-state index in [-0.39, 0.29) is 18.7 Å². The number of amides is 1. The van der Waals surface area contributed by atoms with Crippen molar-refractivity contribution in [2.75, 3.05) is 26.0 Å². The molecule has 0 aliphatic carbocycles. The predicted molar refractivity (Wildman–Crippen MR) is 83.0 cm³/mol. The fraction of sp³-hybridized carbons (Fsp3) is 0.571. The molecule has 8 nitrogen and oxygen atoms in total. The zero-order valence-corrected chi connectivity index (χ0v) is 13.7. The standard InChI is InChI=1S/C14H21N3O5S/c1-23(19,20)16-8-14(18)17-12-5-7-21-10-13(12)22-9-11-4-2-3-6-15-11/h2-4,6,12-13,16H,5,7-10H2,1H3,(H,17,18)/t12-,13-/m1/s1. The summed E-state index contributed by atoms with van der Waals surface area (Å²) >= 11 is 0. The number of pyridine rings is 1. The minimum Gasteiger partial charge on any atom is -0.379 e. The molecule has 1 aromatic heterocycles. The Bertz CT molecular complexity index is 608. The monoisotopic (exact) mass is 343 g/mol. The first kappa shape index (κ1) is 17.8. The third kappa shape index (κ3) is 6.61. The van der Waals surface area contributed by atoms with Crippen LogP contribution in [-0.2, 0) is 30.9 Å². The first-order valence-corrected chi connectivity index (χ1v) is 9.16. The molecule has 2 heterocycles. The topological polar surface area (TPSA) is 107 Å². The van der Waals surface area contributed by atoms with Crippen LogP contribution in [0.1, 0.15) is 12.1 Å². The summed E-state index contributed by atoms with van der Waals surface area (Å²) in [7, 11) is -3.39. The molecule has 128 valence electrons. The van der Waals surface area contributed by atoms with E-state index in [0.717, 1.165) is 11.9 Å². The first-order chi connectivity index (χ1) is 10.9. The molecule has 1 fully saturated rings. The Labute approximate surface area is 135 Å². The SMILES string of the molecule is CS(=O)(=O)NCC(=O)N[C@@H]1CCOC[C@H]1OCc1ccccn1. The van der Waals surface area contributed by atoms with Gasteiger partial charge in [0.2, 0.25) is 15.9 Å². The van der Waals surface area contributed by atoms with Crippen molar-refractivity contribution in [2.45, 2.75) is 25.2 Å². The Morgan fingerprint density at radius 1 is 1.48 bits per heavy atom. The predicted octanol–water partition coefficient (Wildman–Crippen LogP) is -0.579. The summed E-state index contributed by atoms with van der Waals surface area (Å²) in [4.78, 5) is 16.0. The van der Waals surface area contributed by atoms with Crippen LogP contribution in [0.5, 0.6) is 0 Å². The summed E-state index contributed by atoms with van der Waals surface area (Å²) < 4.78 is 35.4. The molecule has 2 rings (SSSR count). The molecule has 2 atom stereocenters. The summed E-state index contributed by atoms with van der Waals surface area (Å²) in [6.07, 6.45) is 3.00. The second-order valence-corrected chi connectivity index (χ2v) is 7.13. The largest absolute Gasteiger partial charge is 0.379 e. The van der Waals surface area contributed by atoms with E-state index in [0.29, 0.717) is 26.2 Å². The van der Waals surface area contributed by atoms with Crippen LogP contribution in [0.15, 0.2) is 24.4 Å². The molecule has 0 saturated carbocycles. The van der Waals surface area contributed by atoms with Gasteiger partial charge in [-0.05, 0) is 18.6 Å². The molecular formula is C14H21N3O5S. The van der Waals surface area contributed by atoms with E-state index in [1.165, 1.54) is 0 Å². The van der Waals surface area contributed by atoms with Gasteiger partial charge >= 0.3 is 0 Å². The molecule has 1 aliphatic heterocycles. The lowest BCUT2D eigenvalue weighted by atomic mass is 10.1. The fourth-order valence-electron chi connectivity index (χ4n) is 2.17. The Morgan fingerprint density at radius 3 is 3.00 bits per heavy atom. The van der Waals surface area contributed by atoms with Crippen molar-refractivity contribution in [1.29, 1.82) is 0 Å². The van der Waals surface area contributed by atoms with Crippen LogP contribution in [0.4, 0.5) is 0 Å². The highest BCUT2D eigenvalue weighted by Gasteiger charge is 2.28. The number of nitrogens with zero attached hydrogens (tertiary/aromatic N) is 1. The summed E-state index contributed by atoms with van der Waals surface area (Å²) in [5.41, 5.74) is 0.793. The average Bonchev–Trinajstić information content (AvgIpc) is 2.52. The summed E-state index contributed by atoms with van der Waals surface area (Å²) in [6, 6.07) is 5.33. The normalized spacial score (nSPS) is 21.8. The Balaban J connectivity index is 1.84. The third-order valence-electron chi connectivity index (χ3n) is 3.32. The smallest absolute Gasteiger partial charge is 0.235 e. The van der Waals surface area contributed by atoms with Crippen molar-refractivity contribution in [1.82, 2.24) is 15.0 Å². The van der Waals surface area contributed by atoms with Crippen LogP contribution in [0.3, 0.4) is 0 Å². The highest BCUT2D eigenvalue weighted by Crippen LogP contribution is 2.13. The molecular weight excluding hydrogens is 322 g/mol. The molecule has 1 amide bonds. The molecule has 9 heteroatoms. The average molecular weight is 343 g/mol. The maximum Gasteiger partial charge on any atom is 0.235 e. The number of carbonyl (C=O) groups is 1. The second kappa shape index (κ2) is 8.34. The van der Waals surface area contributed by atoms with Gasteiger partial charge in [0.25, 0.3) is 0 Å². The number of sulfonamides is 1. The lowest BCUT2D eigenvalue weighted by Crippen LogP contribution is -2.52. The number of hydrogen-bond donors (Lipinski definition) is 2. The van der Waals surface area contributed by atoms with E-state index < -0.39 is 15.9 Å². The number of nitrogens with one attached hydrogen (secondary N) is 2. The van der Waals surface area contributed by atoms with Crippen molar-refractivity contribution in [2.24, 2.45) is 0 Å². The van der Waals surface area contributed by atoms with Gasteiger partial charge < -0.3 is 14.8 Å². The molecule has 0 aromatic carbocycles. The molecule has 1 saturated heterocycles. The van der Waals surface area contributed by atoms with Crippen molar-refractivity contribution < 1.29 is 22.7 Å². The van der Waals surface area contributed by atoms with Gasteiger partial charge in [0.15, 0.2) is 0 Å². The quantitative estimate of drug-likeness (QED) is 0.686. The lowest BCUT2D eigenvalue weighted by Gasteiger charge is -2.32. The Morgan fingerprint density at radius 2 is 2.30 bits per heavy atom. The van der Waals surface area contributed by atoms with E-state index in [9.17, 15) is 13.2 Å². The van der Waals surface area contributed by atoms with E-state index in [4.69, 9.17) is 9.47 Å². The van der Waals surface area contributed by atoms with Crippen LogP contribution in [0.2, 0.25) is 0 Å². The van der Waals surface area contributed by atoms with Crippen molar-refractivity contribution >= 4 is 15.9 Å². The van der Waals surface area contributed by atoms with E-state index in [2.05, 4.69) is 15.0 Å². The van der Waals surface area contributed by atoms with Crippen molar-refractivity contribution in [3.63, 3.8) is 0 Å². The Kier molecular flexibility index (Phi) is 6.46. The maximum atomic E-state index is 11.8. The molecule has 0 unspecified atom stereocenters. The van der Waals surface area contributed by atoms with Gasteiger partial charge in [0.1, 0.15) is 6.10 Å².